The highest BCUT2D eigenvalue weighted by molar-refractivity contribution is 5.70. The van der Waals surface area contributed by atoms with Crippen LogP contribution in [0, 0.1) is 5.92 Å². The van der Waals surface area contributed by atoms with Crippen LogP contribution in [-0.4, -0.2) is 25.8 Å². The molecule has 142 valence electrons. The summed E-state index contributed by atoms with van der Waals surface area (Å²) in [5.41, 5.74) is 0. The van der Waals surface area contributed by atoms with Crippen LogP contribution in [0.4, 0.5) is 0 Å². The van der Waals surface area contributed by atoms with Crippen molar-refractivity contribution in [3.63, 3.8) is 0 Å². The molecule has 0 heterocycles. The minimum atomic E-state index is -0.198. The Balaban J connectivity index is 1.66. The highest BCUT2D eigenvalue weighted by Crippen LogP contribution is 2.28. The average Bonchev–Trinajstić information content (AvgIpc) is 3.41. The molecule has 0 unspecified atom stereocenters. The number of hydrogen-bond acceptors (Lipinski definition) is 3. The standard InChI is InChI=1S/C21H40O3/c1-2-3-4-5-6-7-8-9-10-11-12-13-14-17-23-19-21(22)24-18-20-15-16-20/h20H,2-19H2,1H3. The van der Waals surface area contributed by atoms with Gasteiger partial charge in [0.2, 0.25) is 0 Å². The van der Waals surface area contributed by atoms with Gasteiger partial charge in [-0.15, -0.1) is 0 Å². The van der Waals surface area contributed by atoms with Gasteiger partial charge in [0.05, 0.1) is 6.61 Å². The van der Waals surface area contributed by atoms with Crippen LogP contribution in [0.5, 0.6) is 0 Å². The Bertz CT molecular complexity index is 287. The van der Waals surface area contributed by atoms with E-state index in [0.717, 1.165) is 6.42 Å². The summed E-state index contributed by atoms with van der Waals surface area (Å²) < 4.78 is 10.5. The molecule has 0 aromatic heterocycles. The van der Waals surface area contributed by atoms with Gasteiger partial charge in [-0.2, -0.15) is 0 Å². The van der Waals surface area contributed by atoms with E-state index in [9.17, 15) is 4.79 Å². The zero-order valence-corrected chi connectivity index (χ0v) is 16.0. The Labute approximate surface area is 149 Å². The summed E-state index contributed by atoms with van der Waals surface area (Å²) in [6.07, 6.45) is 20.0. The lowest BCUT2D eigenvalue weighted by molar-refractivity contribution is -0.149. The monoisotopic (exact) mass is 340 g/mol. The van der Waals surface area contributed by atoms with Crippen molar-refractivity contribution in [2.45, 2.75) is 103 Å². The van der Waals surface area contributed by atoms with Gasteiger partial charge in [0.15, 0.2) is 0 Å². The molecule has 0 radical (unpaired) electrons. The smallest absolute Gasteiger partial charge is 0.332 e. The predicted molar refractivity (Wildman–Crippen MR) is 100 cm³/mol. The number of rotatable bonds is 18. The lowest BCUT2D eigenvalue weighted by atomic mass is 10.0. The molecule has 3 nitrogen and oxygen atoms in total. The molecule has 0 N–H and O–H groups in total. The average molecular weight is 341 g/mol. The summed E-state index contributed by atoms with van der Waals surface area (Å²) in [6, 6.07) is 0. The summed E-state index contributed by atoms with van der Waals surface area (Å²) in [5, 5.41) is 0. The van der Waals surface area contributed by atoms with E-state index in [2.05, 4.69) is 6.92 Å². The number of hydrogen-bond donors (Lipinski definition) is 0. The fourth-order valence-electron chi connectivity index (χ4n) is 2.91. The summed E-state index contributed by atoms with van der Waals surface area (Å²) >= 11 is 0. The second-order valence-corrected chi connectivity index (χ2v) is 7.42. The first-order valence-electron chi connectivity index (χ1n) is 10.6. The molecule has 0 atom stereocenters. The third-order valence-corrected chi connectivity index (χ3v) is 4.79. The first-order chi connectivity index (χ1) is 11.8. The van der Waals surface area contributed by atoms with Gasteiger partial charge in [0, 0.05) is 6.61 Å². The molecule has 24 heavy (non-hydrogen) atoms. The van der Waals surface area contributed by atoms with Crippen LogP contribution >= 0.6 is 0 Å². The number of unbranched alkanes of at least 4 members (excludes halogenated alkanes) is 12. The minimum Gasteiger partial charge on any atom is -0.464 e. The second kappa shape index (κ2) is 15.9. The van der Waals surface area contributed by atoms with Crippen molar-refractivity contribution < 1.29 is 14.3 Å². The third-order valence-electron chi connectivity index (χ3n) is 4.79. The Morgan fingerprint density at radius 3 is 1.79 bits per heavy atom. The Morgan fingerprint density at radius 1 is 0.792 bits per heavy atom. The van der Waals surface area contributed by atoms with Crippen LogP contribution in [0.25, 0.3) is 0 Å². The second-order valence-electron chi connectivity index (χ2n) is 7.42. The van der Waals surface area contributed by atoms with E-state index in [-0.39, 0.29) is 12.6 Å². The topological polar surface area (TPSA) is 35.5 Å². The number of carbonyl (C=O) groups excluding carboxylic acids is 1. The van der Waals surface area contributed by atoms with Crippen LogP contribution in [0.1, 0.15) is 103 Å². The van der Waals surface area contributed by atoms with Crippen molar-refractivity contribution in [3.8, 4) is 0 Å². The molecule has 0 amide bonds. The van der Waals surface area contributed by atoms with Gasteiger partial charge >= 0.3 is 5.97 Å². The summed E-state index contributed by atoms with van der Waals surface area (Å²) in [6.45, 7) is 3.69. The molecule has 1 fully saturated rings. The lowest BCUT2D eigenvalue weighted by Crippen LogP contribution is -2.14. The van der Waals surface area contributed by atoms with E-state index in [1.165, 1.54) is 89.9 Å². The zero-order chi connectivity index (χ0) is 17.3. The normalized spacial score (nSPS) is 14.0. The molecule has 1 rings (SSSR count). The Kier molecular flexibility index (Phi) is 14.3. The minimum absolute atomic E-state index is 0.130. The number of carbonyl (C=O) groups is 1. The largest absolute Gasteiger partial charge is 0.464 e. The predicted octanol–water partition coefficient (Wildman–Crippen LogP) is 6.05. The molecule has 3 heteroatoms. The Morgan fingerprint density at radius 2 is 1.29 bits per heavy atom. The van der Waals surface area contributed by atoms with E-state index in [1.54, 1.807) is 0 Å². The van der Waals surface area contributed by atoms with Crippen LogP contribution in [-0.2, 0) is 14.3 Å². The maximum Gasteiger partial charge on any atom is 0.332 e. The SMILES string of the molecule is CCCCCCCCCCCCCCCOCC(=O)OCC1CC1. The zero-order valence-electron chi connectivity index (χ0n) is 16.0. The summed E-state index contributed by atoms with van der Waals surface area (Å²) in [4.78, 5) is 11.4. The maximum atomic E-state index is 11.4. The maximum absolute atomic E-state index is 11.4. The van der Waals surface area contributed by atoms with Gasteiger partial charge < -0.3 is 9.47 Å². The van der Waals surface area contributed by atoms with E-state index < -0.39 is 0 Å². The molecule has 1 saturated carbocycles. The van der Waals surface area contributed by atoms with Gasteiger partial charge in [-0.05, 0) is 25.2 Å². The lowest BCUT2D eigenvalue weighted by Gasteiger charge is -2.05. The molecule has 0 spiro atoms. The molecular weight excluding hydrogens is 300 g/mol. The van der Waals surface area contributed by atoms with Crippen molar-refractivity contribution in [1.82, 2.24) is 0 Å². The van der Waals surface area contributed by atoms with E-state index in [0.29, 0.717) is 19.1 Å². The fraction of sp³-hybridized carbons (Fsp3) is 0.952. The molecule has 1 aliphatic rings. The molecule has 1 aliphatic carbocycles. The molecule has 0 aromatic carbocycles. The van der Waals surface area contributed by atoms with Crippen LogP contribution in [0.3, 0.4) is 0 Å². The molecule has 0 bridgehead atoms. The van der Waals surface area contributed by atoms with Gasteiger partial charge in [-0.1, -0.05) is 84.0 Å². The fourth-order valence-corrected chi connectivity index (χ4v) is 2.91. The first-order valence-corrected chi connectivity index (χ1v) is 10.6. The number of esters is 1. The summed E-state index contributed by atoms with van der Waals surface area (Å²) in [5.74, 6) is 0.437. The quantitative estimate of drug-likeness (QED) is 0.225. The third kappa shape index (κ3) is 15.0. The highest BCUT2D eigenvalue weighted by atomic mass is 16.6. The molecule has 0 aliphatic heterocycles. The van der Waals surface area contributed by atoms with Crippen LogP contribution in [0.15, 0.2) is 0 Å². The van der Waals surface area contributed by atoms with Crippen molar-refractivity contribution in [1.29, 1.82) is 0 Å². The number of ether oxygens (including phenoxy) is 2. The highest BCUT2D eigenvalue weighted by Gasteiger charge is 2.22. The molecule has 0 aromatic rings. The van der Waals surface area contributed by atoms with E-state index in [4.69, 9.17) is 9.47 Å². The van der Waals surface area contributed by atoms with Gasteiger partial charge in [-0.25, -0.2) is 4.79 Å². The van der Waals surface area contributed by atoms with Crippen LogP contribution in [0.2, 0.25) is 0 Å². The van der Waals surface area contributed by atoms with Gasteiger partial charge in [0.1, 0.15) is 6.61 Å². The van der Waals surface area contributed by atoms with E-state index in [1.807, 2.05) is 0 Å². The van der Waals surface area contributed by atoms with Gasteiger partial charge in [0.25, 0.3) is 0 Å². The van der Waals surface area contributed by atoms with Crippen LogP contribution < -0.4 is 0 Å². The van der Waals surface area contributed by atoms with Crippen molar-refractivity contribution in [2.75, 3.05) is 19.8 Å². The van der Waals surface area contributed by atoms with Crippen molar-refractivity contribution >= 4 is 5.97 Å². The Hall–Kier alpha value is -0.570. The first kappa shape index (κ1) is 21.5. The van der Waals surface area contributed by atoms with Gasteiger partial charge in [-0.3, -0.25) is 0 Å². The summed E-state index contributed by atoms with van der Waals surface area (Å²) in [7, 11) is 0. The molecular formula is C21H40O3. The van der Waals surface area contributed by atoms with Crippen molar-refractivity contribution in [3.05, 3.63) is 0 Å². The van der Waals surface area contributed by atoms with E-state index >= 15 is 0 Å². The van der Waals surface area contributed by atoms with Crippen molar-refractivity contribution in [2.24, 2.45) is 5.92 Å². The molecule has 0 saturated heterocycles.